The number of nitrogens with zero attached hydrogens (tertiary/aromatic N) is 1. The number of hydrogen-bond donors (Lipinski definition) is 2. The molecule has 2 aromatic rings. The molecule has 0 radical (unpaired) electrons. The van der Waals surface area contributed by atoms with Gasteiger partial charge in [-0.25, -0.2) is 0 Å². The van der Waals surface area contributed by atoms with Crippen LogP contribution in [0.2, 0.25) is 0 Å². The van der Waals surface area contributed by atoms with Crippen molar-refractivity contribution in [3.8, 4) is 11.1 Å². The van der Waals surface area contributed by atoms with E-state index in [0.717, 1.165) is 28.9 Å². The highest BCUT2D eigenvalue weighted by molar-refractivity contribution is 5.92. The molecule has 0 saturated carbocycles. The summed E-state index contributed by atoms with van der Waals surface area (Å²) in [5.74, 6) is 1.22. The van der Waals surface area contributed by atoms with Crippen molar-refractivity contribution in [3.63, 3.8) is 0 Å². The van der Waals surface area contributed by atoms with E-state index in [-0.39, 0.29) is 12.5 Å². The summed E-state index contributed by atoms with van der Waals surface area (Å²) >= 11 is 0. The molecule has 3 saturated heterocycles. The molecule has 3 heterocycles. The molecule has 3 fully saturated rings. The lowest BCUT2D eigenvalue weighted by Crippen LogP contribution is -2.48. The van der Waals surface area contributed by atoms with Gasteiger partial charge in [0.2, 0.25) is 5.91 Å². The Hall–Kier alpha value is -2.17. The second-order valence-corrected chi connectivity index (χ2v) is 7.55. The van der Waals surface area contributed by atoms with Crippen molar-refractivity contribution in [1.82, 2.24) is 4.90 Å². The summed E-state index contributed by atoms with van der Waals surface area (Å²) in [6, 6.07) is 15.9. The van der Waals surface area contributed by atoms with Crippen LogP contribution in [0.3, 0.4) is 0 Å². The average Bonchev–Trinajstić information content (AvgIpc) is 2.69. The highest BCUT2D eigenvalue weighted by atomic mass is 16.3. The van der Waals surface area contributed by atoms with Crippen LogP contribution in [0.1, 0.15) is 24.8 Å². The van der Waals surface area contributed by atoms with Crippen LogP contribution < -0.4 is 5.32 Å². The Balaban J connectivity index is 1.48. The maximum Gasteiger partial charge on any atom is 0.224 e. The summed E-state index contributed by atoms with van der Waals surface area (Å²) < 4.78 is 0. The largest absolute Gasteiger partial charge is 0.392 e. The first kappa shape index (κ1) is 17.3. The summed E-state index contributed by atoms with van der Waals surface area (Å²) in [4.78, 5) is 15.1. The van der Waals surface area contributed by atoms with Crippen molar-refractivity contribution in [2.24, 2.45) is 11.8 Å². The lowest BCUT2D eigenvalue weighted by Gasteiger charge is -2.44. The van der Waals surface area contributed by atoms with Crippen LogP contribution >= 0.6 is 0 Å². The van der Waals surface area contributed by atoms with Gasteiger partial charge in [0.05, 0.1) is 6.61 Å². The summed E-state index contributed by atoms with van der Waals surface area (Å²) in [5, 5.41) is 12.7. The molecule has 26 heavy (non-hydrogen) atoms. The maximum absolute atomic E-state index is 12.7. The molecule has 2 N–H and O–H groups in total. The van der Waals surface area contributed by atoms with Gasteiger partial charge in [-0.2, -0.15) is 0 Å². The Kier molecular flexibility index (Phi) is 5.05. The van der Waals surface area contributed by atoms with Crippen LogP contribution in [0.5, 0.6) is 0 Å². The minimum absolute atomic E-state index is 0.0589. The third-order valence-corrected chi connectivity index (χ3v) is 5.90. The van der Waals surface area contributed by atoms with Crippen molar-refractivity contribution in [2.45, 2.75) is 25.9 Å². The Labute approximate surface area is 154 Å². The van der Waals surface area contributed by atoms with Crippen molar-refractivity contribution < 1.29 is 9.90 Å². The van der Waals surface area contributed by atoms with E-state index >= 15 is 0 Å². The topological polar surface area (TPSA) is 52.6 Å². The number of fused-ring (bicyclic) bond motifs is 3. The number of aliphatic hydroxyl groups excluding tert-OH is 1. The van der Waals surface area contributed by atoms with Crippen LogP contribution in [0.15, 0.2) is 48.5 Å². The molecule has 0 aliphatic carbocycles. The Bertz CT molecular complexity index is 767. The van der Waals surface area contributed by atoms with E-state index in [1.165, 1.54) is 25.9 Å². The van der Waals surface area contributed by atoms with Crippen LogP contribution in [0.25, 0.3) is 11.1 Å². The van der Waals surface area contributed by atoms with Gasteiger partial charge in [0.15, 0.2) is 0 Å². The number of anilines is 1. The SMILES string of the molecule is O=C(C[C@H]1CN2CCC1CC2)Nc1cc(-c2ccccc2)ccc1CO. The number of nitrogens with one attached hydrogen (secondary N) is 1. The number of amides is 1. The molecule has 1 amide bonds. The van der Waals surface area contributed by atoms with Gasteiger partial charge in [-0.15, -0.1) is 0 Å². The minimum Gasteiger partial charge on any atom is -0.392 e. The molecule has 4 heteroatoms. The molecule has 0 unspecified atom stereocenters. The number of rotatable bonds is 5. The van der Waals surface area contributed by atoms with Gasteiger partial charge in [0.1, 0.15) is 0 Å². The fraction of sp³-hybridized carbons (Fsp3) is 0.409. The first-order chi connectivity index (χ1) is 12.7. The van der Waals surface area contributed by atoms with Crippen LogP contribution in [0.4, 0.5) is 5.69 Å². The standard InChI is InChI=1S/C22H26N2O2/c25-15-19-7-6-18(16-4-2-1-3-5-16)12-21(19)23-22(26)13-20-14-24-10-8-17(20)9-11-24/h1-7,12,17,20,25H,8-11,13-15H2,(H,23,26)/t20-/m0/s1. The number of carbonyl (C=O) groups excluding carboxylic acids is 1. The summed E-state index contributed by atoms with van der Waals surface area (Å²) in [6.07, 6.45) is 3.02. The molecule has 3 aliphatic rings. The van der Waals surface area contributed by atoms with E-state index in [0.29, 0.717) is 18.3 Å². The molecular weight excluding hydrogens is 324 g/mol. The van der Waals surface area contributed by atoms with E-state index in [1.54, 1.807) is 0 Å². The number of piperidine rings is 3. The summed E-state index contributed by atoms with van der Waals surface area (Å²) in [5.41, 5.74) is 3.62. The van der Waals surface area contributed by atoms with Gasteiger partial charge in [0.25, 0.3) is 0 Å². The predicted molar refractivity (Wildman–Crippen MR) is 104 cm³/mol. The molecule has 2 bridgehead atoms. The zero-order valence-electron chi connectivity index (χ0n) is 15.0. The van der Waals surface area contributed by atoms with E-state index in [4.69, 9.17) is 0 Å². The Morgan fingerprint density at radius 2 is 1.85 bits per heavy atom. The molecule has 4 nitrogen and oxygen atoms in total. The van der Waals surface area contributed by atoms with E-state index < -0.39 is 0 Å². The fourth-order valence-electron chi connectivity index (χ4n) is 4.40. The lowest BCUT2D eigenvalue weighted by molar-refractivity contribution is -0.118. The molecule has 136 valence electrons. The van der Waals surface area contributed by atoms with E-state index in [2.05, 4.69) is 10.2 Å². The number of aliphatic hydroxyl groups is 1. The first-order valence-corrected chi connectivity index (χ1v) is 9.54. The van der Waals surface area contributed by atoms with Crippen molar-refractivity contribution in [1.29, 1.82) is 0 Å². The predicted octanol–water partition coefficient (Wildman–Crippen LogP) is 3.52. The van der Waals surface area contributed by atoms with Crippen molar-refractivity contribution >= 4 is 11.6 Å². The first-order valence-electron chi connectivity index (χ1n) is 9.54. The highest BCUT2D eigenvalue weighted by Crippen LogP contribution is 2.34. The second kappa shape index (κ2) is 7.60. The molecule has 3 aliphatic heterocycles. The Morgan fingerprint density at radius 3 is 2.50 bits per heavy atom. The number of hydrogen-bond acceptors (Lipinski definition) is 3. The fourth-order valence-corrected chi connectivity index (χ4v) is 4.40. The third-order valence-electron chi connectivity index (χ3n) is 5.90. The van der Waals surface area contributed by atoms with Gasteiger partial charge in [0, 0.05) is 24.2 Å². The molecule has 5 rings (SSSR count). The normalized spacial score (nSPS) is 24.4. The molecule has 0 spiro atoms. The molecule has 1 atom stereocenters. The zero-order chi connectivity index (χ0) is 17.9. The van der Waals surface area contributed by atoms with Gasteiger partial charge in [-0.3, -0.25) is 4.79 Å². The van der Waals surface area contributed by atoms with E-state index in [9.17, 15) is 9.90 Å². The van der Waals surface area contributed by atoms with Gasteiger partial charge < -0.3 is 15.3 Å². The monoisotopic (exact) mass is 350 g/mol. The Morgan fingerprint density at radius 1 is 1.08 bits per heavy atom. The van der Waals surface area contributed by atoms with Crippen LogP contribution in [-0.4, -0.2) is 35.5 Å². The lowest BCUT2D eigenvalue weighted by atomic mass is 9.77. The smallest absolute Gasteiger partial charge is 0.224 e. The van der Waals surface area contributed by atoms with Gasteiger partial charge in [-0.05, 0) is 55.0 Å². The molecule has 0 aromatic heterocycles. The van der Waals surface area contributed by atoms with Crippen molar-refractivity contribution in [3.05, 3.63) is 54.1 Å². The number of carbonyl (C=O) groups is 1. The van der Waals surface area contributed by atoms with Crippen LogP contribution in [-0.2, 0) is 11.4 Å². The highest BCUT2D eigenvalue weighted by Gasteiger charge is 2.35. The molecule has 2 aromatic carbocycles. The van der Waals surface area contributed by atoms with E-state index in [1.807, 2.05) is 48.5 Å². The number of benzene rings is 2. The zero-order valence-corrected chi connectivity index (χ0v) is 15.0. The van der Waals surface area contributed by atoms with Gasteiger partial charge in [-0.1, -0.05) is 42.5 Å². The summed E-state index contributed by atoms with van der Waals surface area (Å²) in [7, 11) is 0. The third kappa shape index (κ3) is 3.67. The quantitative estimate of drug-likeness (QED) is 0.867. The van der Waals surface area contributed by atoms with Crippen molar-refractivity contribution in [2.75, 3.05) is 25.0 Å². The average molecular weight is 350 g/mol. The second-order valence-electron chi connectivity index (χ2n) is 7.55. The minimum atomic E-state index is -0.0789. The van der Waals surface area contributed by atoms with Crippen LogP contribution in [0, 0.1) is 11.8 Å². The maximum atomic E-state index is 12.7. The summed E-state index contributed by atoms with van der Waals surface area (Å²) in [6.45, 7) is 3.35. The molecular formula is C22H26N2O2. The van der Waals surface area contributed by atoms with Gasteiger partial charge >= 0.3 is 0 Å².